The highest BCUT2D eigenvalue weighted by Gasteiger charge is 2.14. The second kappa shape index (κ2) is 6.05. The zero-order valence-electron chi connectivity index (χ0n) is 13.1. The predicted octanol–water partition coefficient (Wildman–Crippen LogP) is 3.07. The number of aromatic amines is 2. The van der Waals surface area contributed by atoms with Crippen molar-refractivity contribution in [3.63, 3.8) is 0 Å². The van der Waals surface area contributed by atoms with Crippen LogP contribution in [0.4, 0.5) is 0 Å². The lowest BCUT2D eigenvalue weighted by Crippen LogP contribution is -2.28. The summed E-state index contributed by atoms with van der Waals surface area (Å²) in [5.74, 6) is 0.798. The summed E-state index contributed by atoms with van der Waals surface area (Å²) >= 11 is 0. The Bertz CT molecular complexity index is 854. The molecular weight excluding hydrogens is 286 g/mol. The Morgan fingerprint density at radius 2 is 1.78 bits per heavy atom. The first-order valence-electron chi connectivity index (χ1n) is 8.30. The minimum atomic E-state index is -0.0729. The van der Waals surface area contributed by atoms with Gasteiger partial charge in [0.05, 0.1) is 0 Å². The first-order valence-corrected chi connectivity index (χ1v) is 8.30. The summed E-state index contributed by atoms with van der Waals surface area (Å²) in [4.78, 5) is 17.6. The van der Waals surface area contributed by atoms with Gasteiger partial charge in [-0.1, -0.05) is 24.3 Å². The monoisotopic (exact) mass is 307 g/mol. The number of hydrogen-bond acceptors (Lipinski definition) is 2. The van der Waals surface area contributed by atoms with Gasteiger partial charge in [0.25, 0.3) is 5.56 Å². The van der Waals surface area contributed by atoms with Gasteiger partial charge >= 0.3 is 0 Å². The third kappa shape index (κ3) is 2.82. The SMILES string of the molecule is O=c1[nH]cc(-c2ccc(CC3CCNCC3)cc2)c2cc[nH]c12. The van der Waals surface area contributed by atoms with E-state index < -0.39 is 0 Å². The molecular formula is C19H21N3O. The molecule has 4 nitrogen and oxygen atoms in total. The van der Waals surface area contributed by atoms with Crippen molar-refractivity contribution in [2.24, 2.45) is 5.92 Å². The van der Waals surface area contributed by atoms with Gasteiger partial charge in [0, 0.05) is 23.3 Å². The molecule has 2 aromatic heterocycles. The molecule has 0 spiro atoms. The van der Waals surface area contributed by atoms with Gasteiger partial charge in [0.1, 0.15) is 5.52 Å². The summed E-state index contributed by atoms with van der Waals surface area (Å²) in [7, 11) is 0. The van der Waals surface area contributed by atoms with Gasteiger partial charge < -0.3 is 15.3 Å². The topological polar surface area (TPSA) is 60.7 Å². The molecule has 0 aliphatic carbocycles. The number of hydrogen-bond donors (Lipinski definition) is 3. The smallest absolute Gasteiger partial charge is 0.272 e. The molecule has 1 aliphatic rings. The highest BCUT2D eigenvalue weighted by molar-refractivity contribution is 5.93. The molecule has 1 aliphatic heterocycles. The van der Waals surface area contributed by atoms with Gasteiger partial charge in [-0.25, -0.2) is 0 Å². The molecule has 0 bridgehead atoms. The summed E-state index contributed by atoms with van der Waals surface area (Å²) in [6.07, 6.45) is 7.32. The normalized spacial score (nSPS) is 16.0. The Morgan fingerprint density at radius 3 is 2.57 bits per heavy atom. The maximum absolute atomic E-state index is 11.8. The number of pyridine rings is 1. The molecule has 0 saturated carbocycles. The number of rotatable bonds is 3. The Labute approximate surface area is 134 Å². The average molecular weight is 307 g/mol. The molecule has 4 heteroatoms. The highest BCUT2D eigenvalue weighted by atomic mass is 16.1. The lowest BCUT2D eigenvalue weighted by atomic mass is 9.90. The molecule has 3 aromatic rings. The fourth-order valence-corrected chi connectivity index (χ4v) is 3.55. The average Bonchev–Trinajstić information content (AvgIpc) is 3.08. The number of aromatic nitrogens is 2. The lowest BCUT2D eigenvalue weighted by molar-refractivity contribution is 0.372. The van der Waals surface area contributed by atoms with Gasteiger partial charge in [0.15, 0.2) is 0 Å². The maximum Gasteiger partial charge on any atom is 0.272 e. The molecule has 1 aromatic carbocycles. The molecule has 1 fully saturated rings. The summed E-state index contributed by atoms with van der Waals surface area (Å²) in [6.45, 7) is 2.29. The van der Waals surface area contributed by atoms with E-state index in [2.05, 4.69) is 39.6 Å². The fraction of sp³-hybridized carbons (Fsp3) is 0.316. The largest absolute Gasteiger partial charge is 0.357 e. The Morgan fingerprint density at radius 1 is 1.00 bits per heavy atom. The van der Waals surface area contributed by atoms with Crippen LogP contribution in [-0.2, 0) is 6.42 Å². The second-order valence-electron chi connectivity index (χ2n) is 6.39. The number of H-pyrrole nitrogens is 2. The molecule has 0 radical (unpaired) electrons. The number of benzene rings is 1. The number of piperidine rings is 1. The van der Waals surface area contributed by atoms with Crippen LogP contribution >= 0.6 is 0 Å². The quantitative estimate of drug-likeness (QED) is 0.696. The van der Waals surface area contributed by atoms with E-state index in [-0.39, 0.29) is 5.56 Å². The number of fused-ring (bicyclic) bond motifs is 1. The molecule has 4 rings (SSSR count). The first-order chi connectivity index (χ1) is 11.3. The molecule has 0 amide bonds. The van der Waals surface area contributed by atoms with E-state index in [1.54, 1.807) is 6.20 Å². The highest BCUT2D eigenvalue weighted by Crippen LogP contribution is 2.27. The minimum Gasteiger partial charge on any atom is -0.357 e. The van der Waals surface area contributed by atoms with E-state index in [1.807, 2.05) is 12.3 Å². The van der Waals surface area contributed by atoms with Crippen molar-refractivity contribution in [2.75, 3.05) is 13.1 Å². The molecule has 3 heterocycles. The van der Waals surface area contributed by atoms with E-state index in [9.17, 15) is 4.79 Å². The fourth-order valence-electron chi connectivity index (χ4n) is 3.55. The van der Waals surface area contributed by atoms with Crippen molar-refractivity contribution in [2.45, 2.75) is 19.3 Å². The van der Waals surface area contributed by atoms with E-state index in [4.69, 9.17) is 0 Å². The Hall–Kier alpha value is -2.33. The number of nitrogens with one attached hydrogen (secondary N) is 3. The van der Waals surface area contributed by atoms with Crippen LogP contribution in [0.3, 0.4) is 0 Å². The van der Waals surface area contributed by atoms with Crippen LogP contribution in [0.5, 0.6) is 0 Å². The van der Waals surface area contributed by atoms with Crippen molar-refractivity contribution in [1.82, 2.24) is 15.3 Å². The van der Waals surface area contributed by atoms with Crippen LogP contribution in [0.1, 0.15) is 18.4 Å². The predicted molar refractivity (Wildman–Crippen MR) is 93.7 cm³/mol. The summed E-state index contributed by atoms with van der Waals surface area (Å²) in [5.41, 5.74) is 4.17. The van der Waals surface area contributed by atoms with Crippen LogP contribution in [0.25, 0.3) is 22.0 Å². The van der Waals surface area contributed by atoms with Crippen LogP contribution < -0.4 is 10.9 Å². The van der Waals surface area contributed by atoms with E-state index in [0.717, 1.165) is 41.9 Å². The molecule has 23 heavy (non-hydrogen) atoms. The summed E-state index contributed by atoms with van der Waals surface area (Å²) in [6, 6.07) is 10.7. The molecule has 1 saturated heterocycles. The molecule has 3 N–H and O–H groups in total. The Balaban J connectivity index is 1.61. The van der Waals surface area contributed by atoms with Gasteiger partial charge in [0.2, 0.25) is 0 Å². The van der Waals surface area contributed by atoms with Crippen molar-refractivity contribution in [3.8, 4) is 11.1 Å². The van der Waals surface area contributed by atoms with Gasteiger partial charge in [-0.2, -0.15) is 0 Å². The summed E-state index contributed by atoms with van der Waals surface area (Å²) in [5, 5.41) is 4.39. The van der Waals surface area contributed by atoms with Crippen molar-refractivity contribution < 1.29 is 0 Å². The van der Waals surface area contributed by atoms with Gasteiger partial charge in [-0.05, 0) is 55.5 Å². The zero-order chi connectivity index (χ0) is 15.6. The third-order valence-electron chi connectivity index (χ3n) is 4.86. The molecule has 0 atom stereocenters. The third-order valence-corrected chi connectivity index (χ3v) is 4.86. The maximum atomic E-state index is 11.8. The van der Waals surface area contributed by atoms with Gasteiger partial charge in [-0.3, -0.25) is 4.79 Å². The van der Waals surface area contributed by atoms with E-state index in [1.165, 1.54) is 18.4 Å². The van der Waals surface area contributed by atoms with Crippen molar-refractivity contribution in [1.29, 1.82) is 0 Å². The second-order valence-corrected chi connectivity index (χ2v) is 6.39. The molecule has 118 valence electrons. The van der Waals surface area contributed by atoms with Crippen LogP contribution in [0, 0.1) is 5.92 Å². The van der Waals surface area contributed by atoms with Gasteiger partial charge in [-0.15, -0.1) is 0 Å². The van der Waals surface area contributed by atoms with Crippen molar-refractivity contribution >= 4 is 10.9 Å². The molecule has 0 unspecified atom stereocenters. The Kier molecular flexibility index (Phi) is 3.75. The lowest BCUT2D eigenvalue weighted by Gasteiger charge is -2.22. The van der Waals surface area contributed by atoms with E-state index >= 15 is 0 Å². The minimum absolute atomic E-state index is 0.0729. The van der Waals surface area contributed by atoms with E-state index in [0.29, 0.717) is 5.52 Å². The first kappa shape index (κ1) is 14.3. The summed E-state index contributed by atoms with van der Waals surface area (Å²) < 4.78 is 0. The van der Waals surface area contributed by atoms with Crippen LogP contribution in [0.15, 0.2) is 47.5 Å². The van der Waals surface area contributed by atoms with Crippen LogP contribution in [0.2, 0.25) is 0 Å². The van der Waals surface area contributed by atoms with Crippen molar-refractivity contribution in [3.05, 3.63) is 58.6 Å². The standard InChI is InChI=1S/C19H21N3O/c23-19-18-16(7-10-21-18)17(12-22-19)15-3-1-13(2-4-15)11-14-5-8-20-9-6-14/h1-4,7,10,12,14,20-21H,5-6,8-9,11H2,(H,22,23). The van der Waals surface area contributed by atoms with Crippen LogP contribution in [-0.4, -0.2) is 23.1 Å². The zero-order valence-corrected chi connectivity index (χ0v) is 13.1.